The van der Waals surface area contributed by atoms with Crippen molar-refractivity contribution in [1.82, 2.24) is 0 Å². The van der Waals surface area contributed by atoms with E-state index in [0.717, 1.165) is 0 Å². The second kappa shape index (κ2) is 4.21. The van der Waals surface area contributed by atoms with Crippen LogP contribution < -0.4 is 4.90 Å². The molecule has 20 heavy (non-hydrogen) atoms. The minimum absolute atomic E-state index is 0.0148. The average molecular weight is 304 g/mol. The topological polar surface area (TPSA) is 49.7 Å². The Bertz CT molecular complexity index is 682. The molecule has 0 aliphatic carbocycles. The quantitative estimate of drug-likeness (QED) is 0.801. The first-order valence-electron chi connectivity index (χ1n) is 6.06. The van der Waals surface area contributed by atoms with Crippen LogP contribution in [0.3, 0.4) is 0 Å². The standard InChI is InChI=1S/C12H11F3N2O2S/c13-12(14,15)7-8-5-6-17-9-3-1-2-4-10(9)20(18,19)16-11(8)17/h1-4,8H,5-7H2. The molecule has 0 saturated carbocycles. The van der Waals surface area contributed by atoms with Crippen LogP contribution in [-0.4, -0.2) is 27.0 Å². The number of hydrogen-bond donors (Lipinski definition) is 0. The third-order valence-electron chi connectivity index (χ3n) is 3.47. The molecule has 1 saturated heterocycles. The Labute approximate surface area is 114 Å². The Kier molecular flexibility index (Phi) is 2.82. The average Bonchev–Trinajstić information content (AvgIpc) is 2.70. The first-order valence-corrected chi connectivity index (χ1v) is 7.50. The van der Waals surface area contributed by atoms with E-state index in [1.165, 1.54) is 6.07 Å². The fourth-order valence-corrected chi connectivity index (χ4v) is 3.95. The van der Waals surface area contributed by atoms with Crippen LogP contribution >= 0.6 is 0 Å². The molecule has 2 aliphatic rings. The van der Waals surface area contributed by atoms with Crippen LogP contribution in [0.25, 0.3) is 0 Å². The highest BCUT2D eigenvalue weighted by atomic mass is 32.2. The van der Waals surface area contributed by atoms with Crippen LogP contribution in [0, 0.1) is 5.92 Å². The lowest BCUT2D eigenvalue weighted by Crippen LogP contribution is -2.34. The number of sulfonamides is 1. The van der Waals surface area contributed by atoms with E-state index in [1.54, 1.807) is 23.1 Å². The SMILES string of the molecule is O=S1(=O)N=C2C(CC(F)(F)F)CCN2c2ccccc21. The molecule has 1 atom stereocenters. The maximum Gasteiger partial charge on any atom is 0.389 e. The number of rotatable bonds is 1. The Balaban J connectivity index is 2.05. The molecule has 2 heterocycles. The number of fused-ring (bicyclic) bond motifs is 3. The van der Waals surface area contributed by atoms with Gasteiger partial charge in [0, 0.05) is 12.5 Å². The summed E-state index contributed by atoms with van der Waals surface area (Å²) in [5.41, 5.74) is 0.419. The predicted octanol–water partition coefficient (Wildman–Crippen LogP) is 2.57. The van der Waals surface area contributed by atoms with Gasteiger partial charge in [-0.25, -0.2) is 0 Å². The lowest BCUT2D eigenvalue weighted by molar-refractivity contribution is -0.139. The maximum atomic E-state index is 12.5. The largest absolute Gasteiger partial charge is 0.389 e. The third kappa shape index (κ3) is 2.17. The summed E-state index contributed by atoms with van der Waals surface area (Å²) in [5, 5.41) is 0. The Morgan fingerprint density at radius 3 is 2.70 bits per heavy atom. The van der Waals surface area contributed by atoms with Gasteiger partial charge in [-0.1, -0.05) is 12.1 Å². The molecule has 1 fully saturated rings. The van der Waals surface area contributed by atoms with E-state index in [4.69, 9.17) is 0 Å². The third-order valence-corrected chi connectivity index (χ3v) is 4.80. The molecule has 0 bridgehead atoms. The number of benzene rings is 1. The normalized spacial score (nSPS) is 24.1. The Morgan fingerprint density at radius 2 is 2.00 bits per heavy atom. The van der Waals surface area contributed by atoms with Gasteiger partial charge in [-0.05, 0) is 18.6 Å². The summed E-state index contributed by atoms with van der Waals surface area (Å²) in [4.78, 5) is 1.63. The monoisotopic (exact) mass is 304 g/mol. The predicted molar refractivity (Wildman–Crippen MR) is 67.2 cm³/mol. The summed E-state index contributed by atoms with van der Waals surface area (Å²) in [6.07, 6.45) is -5.12. The van der Waals surface area contributed by atoms with Crippen molar-refractivity contribution in [2.45, 2.75) is 23.9 Å². The number of nitrogens with zero attached hydrogens (tertiary/aromatic N) is 2. The van der Waals surface area contributed by atoms with E-state index in [9.17, 15) is 21.6 Å². The number of amidine groups is 1. The Morgan fingerprint density at radius 1 is 1.30 bits per heavy atom. The van der Waals surface area contributed by atoms with E-state index in [2.05, 4.69) is 4.40 Å². The van der Waals surface area contributed by atoms with E-state index >= 15 is 0 Å². The number of hydrogen-bond acceptors (Lipinski definition) is 3. The van der Waals surface area contributed by atoms with Crippen molar-refractivity contribution in [1.29, 1.82) is 0 Å². The minimum atomic E-state index is -4.33. The molecule has 3 rings (SSSR count). The summed E-state index contributed by atoms with van der Waals surface area (Å²) in [7, 11) is -3.91. The molecule has 8 heteroatoms. The van der Waals surface area contributed by atoms with Crippen molar-refractivity contribution in [3.05, 3.63) is 24.3 Å². The van der Waals surface area contributed by atoms with Crippen molar-refractivity contribution in [2.75, 3.05) is 11.4 Å². The van der Waals surface area contributed by atoms with Gasteiger partial charge in [0.05, 0.1) is 12.1 Å². The van der Waals surface area contributed by atoms with Gasteiger partial charge in [0.1, 0.15) is 10.7 Å². The van der Waals surface area contributed by atoms with Gasteiger partial charge in [0.25, 0.3) is 10.0 Å². The molecule has 0 N–H and O–H groups in total. The first kappa shape index (κ1) is 13.4. The summed E-state index contributed by atoms with van der Waals surface area (Å²) in [6, 6.07) is 6.24. The molecular weight excluding hydrogens is 293 g/mol. The van der Waals surface area contributed by atoms with Crippen molar-refractivity contribution in [3.8, 4) is 0 Å². The number of halogens is 3. The number of alkyl halides is 3. The van der Waals surface area contributed by atoms with Gasteiger partial charge < -0.3 is 4.90 Å². The number of anilines is 1. The Hall–Kier alpha value is -1.57. The summed E-state index contributed by atoms with van der Waals surface area (Å²) >= 11 is 0. The summed E-state index contributed by atoms with van der Waals surface area (Å²) < 4.78 is 65.3. The highest BCUT2D eigenvalue weighted by molar-refractivity contribution is 7.90. The van der Waals surface area contributed by atoms with Crippen molar-refractivity contribution < 1.29 is 21.6 Å². The van der Waals surface area contributed by atoms with E-state index in [-0.39, 0.29) is 17.2 Å². The molecule has 0 spiro atoms. The molecule has 0 aromatic heterocycles. The molecular formula is C12H11F3N2O2S. The van der Waals surface area contributed by atoms with Gasteiger partial charge in [-0.15, -0.1) is 4.40 Å². The lowest BCUT2D eigenvalue weighted by atomic mass is 10.0. The van der Waals surface area contributed by atoms with E-state index in [0.29, 0.717) is 12.2 Å². The van der Waals surface area contributed by atoms with Crippen LogP contribution in [0.2, 0.25) is 0 Å². The van der Waals surface area contributed by atoms with Crippen LogP contribution in [-0.2, 0) is 10.0 Å². The second-order valence-corrected chi connectivity index (χ2v) is 6.42. The first-order chi connectivity index (χ1) is 9.28. The molecule has 1 unspecified atom stereocenters. The highest BCUT2D eigenvalue weighted by Crippen LogP contribution is 2.40. The zero-order chi connectivity index (χ0) is 14.5. The van der Waals surface area contributed by atoms with Crippen LogP contribution in [0.5, 0.6) is 0 Å². The van der Waals surface area contributed by atoms with Gasteiger partial charge in [0.15, 0.2) is 0 Å². The molecule has 108 valence electrons. The highest BCUT2D eigenvalue weighted by Gasteiger charge is 2.43. The molecule has 0 radical (unpaired) electrons. The fourth-order valence-electron chi connectivity index (χ4n) is 2.66. The van der Waals surface area contributed by atoms with Crippen LogP contribution in [0.4, 0.5) is 18.9 Å². The van der Waals surface area contributed by atoms with E-state index in [1.807, 2.05) is 0 Å². The fraction of sp³-hybridized carbons (Fsp3) is 0.417. The van der Waals surface area contributed by atoms with Gasteiger partial charge in [-0.3, -0.25) is 0 Å². The van der Waals surface area contributed by atoms with Crippen LogP contribution in [0.15, 0.2) is 33.6 Å². The smallest absolute Gasteiger partial charge is 0.328 e. The van der Waals surface area contributed by atoms with Crippen molar-refractivity contribution in [2.24, 2.45) is 10.3 Å². The maximum absolute atomic E-state index is 12.5. The van der Waals surface area contributed by atoms with Crippen LogP contribution in [0.1, 0.15) is 12.8 Å². The van der Waals surface area contributed by atoms with Gasteiger partial charge in [-0.2, -0.15) is 21.6 Å². The summed E-state index contributed by atoms with van der Waals surface area (Å²) in [6.45, 7) is 0.353. The minimum Gasteiger partial charge on any atom is -0.328 e. The zero-order valence-electron chi connectivity index (χ0n) is 10.3. The van der Waals surface area contributed by atoms with Gasteiger partial charge >= 0.3 is 6.18 Å². The van der Waals surface area contributed by atoms with Gasteiger partial charge in [0.2, 0.25) is 0 Å². The second-order valence-electron chi connectivity index (χ2n) is 4.85. The molecule has 0 amide bonds. The molecule has 4 nitrogen and oxygen atoms in total. The zero-order valence-corrected chi connectivity index (χ0v) is 11.1. The number of para-hydroxylation sites is 1. The van der Waals surface area contributed by atoms with E-state index < -0.39 is 28.5 Å². The van der Waals surface area contributed by atoms with Crippen molar-refractivity contribution >= 4 is 21.5 Å². The lowest BCUT2D eigenvalue weighted by Gasteiger charge is -2.27. The van der Waals surface area contributed by atoms with Crippen molar-refractivity contribution in [3.63, 3.8) is 0 Å². The summed E-state index contributed by atoms with van der Waals surface area (Å²) in [5.74, 6) is -0.876. The molecule has 1 aromatic rings. The molecule has 2 aliphatic heterocycles. The molecule has 1 aromatic carbocycles.